The molecule has 0 saturated heterocycles. The van der Waals surface area contributed by atoms with Gasteiger partial charge in [-0.25, -0.2) is 0 Å². The average molecular weight is 393 g/mol. The minimum atomic E-state index is 0.519. The van der Waals surface area contributed by atoms with Crippen LogP contribution in [0.25, 0.3) is 22.8 Å². The normalized spacial score (nSPS) is 10.9. The fraction of sp³-hybridized carbons (Fsp3) is 0.200. The lowest BCUT2D eigenvalue weighted by molar-refractivity contribution is 0.340. The van der Waals surface area contributed by atoms with E-state index in [-0.39, 0.29) is 0 Å². The predicted octanol–water partition coefficient (Wildman–Crippen LogP) is 4.22. The first-order valence-corrected chi connectivity index (χ1v) is 9.86. The zero-order chi connectivity index (χ0) is 19.3. The summed E-state index contributed by atoms with van der Waals surface area (Å²) in [4.78, 5) is 4.47. The Hall–Kier alpha value is -3.13. The van der Waals surface area contributed by atoms with E-state index in [9.17, 15) is 0 Å². The van der Waals surface area contributed by atoms with Gasteiger partial charge in [0, 0.05) is 18.2 Å². The molecule has 4 aromatic rings. The molecular formula is C20H19N5O2S. The molecule has 0 spiro atoms. The molecule has 4 rings (SSSR count). The Kier molecular flexibility index (Phi) is 5.38. The molecule has 0 bridgehead atoms. The molecule has 0 radical (unpaired) electrons. The maximum absolute atomic E-state index is 5.45. The third-order valence-electron chi connectivity index (χ3n) is 4.08. The Bertz CT molecular complexity index is 1040. The molecule has 28 heavy (non-hydrogen) atoms. The molecule has 8 heteroatoms. The molecular weight excluding hydrogens is 374 g/mol. The predicted molar refractivity (Wildman–Crippen MR) is 107 cm³/mol. The van der Waals surface area contributed by atoms with Crippen LogP contribution >= 0.6 is 11.8 Å². The van der Waals surface area contributed by atoms with Crippen molar-refractivity contribution in [3.8, 4) is 28.5 Å². The first-order chi connectivity index (χ1) is 13.7. The van der Waals surface area contributed by atoms with Crippen LogP contribution in [0.1, 0.15) is 12.8 Å². The third kappa shape index (κ3) is 3.91. The van der Waals surface area contributed by atoms with Crippen LogP contribution in [0.4, 0.5) is 0 Å². The second-order valence-electron chi connectivity index (χ2n) is 5.99. The summed E-state index contributed by atoms with van der Waals surface area (Å²) in [5, 5.41) is 13.4. The van der Waals surface area contributed by atoms with Crippen LogP contribution in [0.2, 0.25) is 0 Å². The van der Waals surface area contributed by atoms with Crippen molar-refractivity contribution in [2.24, 2.45) is 7.05 Å². The lowest BCUT2D eigenvalue weighted by atomic mass is 10.2. The summed E-state index contributed by atoms with van der Waals surface area (Å²) >= 11 is 1.51. The fourth-order valence-corrected chi connectivity index (χ4v) is 3.45. The number of hydrogen-bond acceptors (Lipinski definition) is 7. The largest absolute Gasteiger partial charge is 0.494 e. The Labute approximate surface area is 166 Å². The molecule has 0 unspecified atom stereocenters. The number of ether oxygens (including phenoxy) is 1. The number of thioether (sulfide) groups is 1. The van der Waals surface area contributed by atoms with Crippen molar-refractivity contribution in [2.45, 2.75) is 17.8 Å². The van der Waals surface area contributed by atoms with Crippen molar-refractivity contribution < 1.29 is 9.26 Å². The fourth-order valence-electron chi connectivity index (χ4n) is 2.70. The second kappa shape index (κ2) is 8.26. The van der Waals surface area contributed by atoms with Crippen LogP contribution in [-0.2, 0) is 12.8 Å². The van der Waals surface area contributed by atoms with Gasteiger partial charge >= 0.3 is 0 Å². The first kappa shape index (κ1) is 18.2. The number of aromatic nitrogens is 5. The SMILES string of the molecule is CCOc1ccc(-c2noc(CSc3nnc(-c4ccccc4)n3C)n2)cc1. The Morgan fingerprint density at radius 3 is 2.54 bits per heavy atom. The van der Waals surface area contributed by atoms with Crippen molar-refractivity contribution >= 4 is 11.8 Å². The van der Waals surface area contributed by atoms with Gasteiger partial charge in [0.1, 0.15) is 5.75 Å². The zero-order valence-electron chi connectivity index (χ0n) is 15.6. The molecule has 0 fully saturated rings. The van der Waals surface area contributed by atoms with Gasteiger partial charge in [-0.1, -0.05) is 47.3 Å². The minimum Gasteiger partial charge on any atom is -0.494 e. The molecule has 2 heterocycles. The standard InChI is InChI=1S/C20H19N5O2S/c1-3-26-16-11-9-14(10-12-16)18-21-17(27-24-18)13-28-20-23-22-19(25(20)2)15-7-5-4-6-8-15/h4-12H,3,13H2,1-2H3. The highest BCUT2D eigenvalue weighted by atomic mass is 32.2. The van der Waals surface area contributed by atoms with Crippen molar-refractivity contribution in [1.29, 1.82) is 0 Å². The van der Waals surface area contributed by atoms with Gasteiger partial charge in [-0.3, -0.25) is 0 Å². The lowest BCUT2D eigenvalue weighted by Gasteiger charge is -2.02. The van der Waals surface area contributed by atoms with Crippen LogP contribution in [0.3, 0.4) is 0 Å². The van der Waals surface area contributed by atoms with Gasteiger partial charge in [0.05, 0.1) is 12.4 Å². The molecule has 2 aromatic heterocycles. The molecule has 7 nitrogen and oxygen atoms in total. The molecule has 0 N–H and O–H groups in total. The number of hydrogen-bond donors (Lipinski definition) is 0. The smallest absolute Gasteiger partial charge is 0.237 e. The molecule has 0 atom stereocenters. The summed E-state index contributed by atoms with van der Waals surface area (Å²) in [5.41, 5.74) is 1.91. The second-order valence-corrected chi connectivity index (χ2v) is 6.93. The van der Waals surface area contributed by atoms with E-state index >= 15 is 0 Å². The maximum atomic E-state index is 5.45. The maximum Gasteiger partial charge on any atom is 0.237 e. The highest BCUT2D eigenvalue weighted by molar-refractivity contribution is 7.98. The quantitative estimate of drug-likeness (QED) is 0.435. The van der Waals surface area contributed by atoms with Crippen molar-refractivity contribution in [3.63, 3.8) is 0 Å². The van der Waals surface area contributed by atoms with E-state index in [1.807, 2.05) is 73.1 Å². The van der Waals surface area contributed by atoms with E-state index in [2.05, 4.69) is 20.3 Å². The van der Waals surface area contributed by atoms with Gasteiger partial charge in [0.25, 0.3) is 0 Å². The summed E-state index contributed by atoms with van der Waals surface area (Å²) in [5.74, 6) is 3.26. The van der Waals surface area contributed by atoms with Gasteiger partial charge in [-0.2, -0.15) is 4.98 Å². The number of benzene rings is 2. The Balaban J connectivity index is 1.43. The van der Waals surface area contributed by atoms with Gasteiger partial charge in [-0.05, 0) is 31.2 Å². The molecule has 0 aliphatic heterocycles. The van der Waals surface area contributed by atoms with Crippen LogP contribution in [0, 0.1) is 0 Å². The van der Waals surface area contributed by atoms with E-state index in [0.717, 1.165) is 27.9 Å². The van der Waals surface area contributed by atoms with Crippen LogP contribution < -0.4 is 4.74 Å². The van der Waals surface area contributed by atoms with Gasteiger partial charge in [0.2, 0.25) is 11.7 Å². The molecule has 0 amide bonds. The van der Waals surface area contributed by atoms with Crippen LogP contribution in [0.5, 0.6) is 5.75 Å². The van der Waals surface area contributed by atoms with Crippen LogP contribution in [0.15, 0.2) is 64.3 Å². The van der Waals surface area contributed by atoms with Gasteiger partial charge in [0.15, 0.2) is 11.0 Å². The number of rotatable bonds is 7. The molecule has 0 aliphatic rings. The topological polar surface area (TPSA) is 78.9 Å². The van der Waals surface area contributed by atoms with E-state index in [4.69, 9.17) is 9.26 Å². The highest BCUT2D eigenvalue weighted by Crippen LogP contribution is 2.26. The van der Waals surface area contributed by atoms with Crippen molar-refractivity contribution in [2.75, 3.05) is 6.61 Å². The van der Waals surface area contributed by atoms with Crippen molar-refractivity contribution in [1.82, 2.24) is 24.9 Å². The number of nitrogens with zero attached hydrogens (tertiary/aromatic N) is 5. The minimum absolute atomic E-state index is 0.519. The average Bonchev–Trinajstić information content (AvgIpc) is 3.35. The van der Waals surface area contributed by atoms with E-state index < -0.39 is 0 Å². The molecule has 142 valence electrons. The lowest BCUT2D eigenvalue weighted by Crippen LogP contribution is -1.95. The Morgan fingerprint density at radius 1 is 1.00 bits per heavy atom. The summed E-state index contributed by atoms with van der Waals surface area (Å²) in [6, 6.07) is 17.6. The summed E-state index contributed by atoms with van der Waals surface area (Å²) in [7, 11) is 1.95. The van der Waals surface area contributed by atoms with E-state index in [1.54, 1.807) is 0 Å². The Morgan fingerprint density at radius 2 is 1.79 bits per heavy atom. The molecule has 0 aliphatic carbocycles. The molecule has 2 aromatic carbocycles. The zero-order valence-corrected chi connectivity index (χ0v) is 16.4. The summed E-state index contributed by atoms with van der Waals surface area (Å²) < 4.78 is 12.8. The highest BCUT2D eigenvalue weighted by Gasteiger charge is 2.14. The van der Waals surface area contributed by atoms with E-state index in [1.165, 1.54) is 11.8 Å². The monoisotopic (exact) mass is 393 g/mol. The van der Waals surface area contributed by atoms with E-state index in [0.29, 0.717) is 24.1 Å². The third-order valence-corrected chi connectivity index (χ3v) is 5.09. The summed E-state index contributed by atoms with van der Waals surface area (Å²) in [6.45, 7) is 2.59. The van der Waals surface area contributed by atoms with Crippen molar-refractivity contribution in [3.05, 3.63) is 60.5 Å². The van der Waals surface area contributed by atoms with Crippen LogP contribution in [-0.4, -0.2) is 31.5 Å². The summed E-state index contributed by atoms with van der Waals surface area (Å²) in [6.07, 6.45) is 0. The van der Waals surface area contributed by atoms with Gasteiger partial charge in [-0.15, -0.1) is 10.2 Å². The molecule has 0 saturated carbocycles. The first-order valence-electron chi connectivity index (χ1n) is 8.88. The van der Waals surface area contributed by atoms with Gasteiger partial charge < -0.3 is 13.8 Å².